The number of hydrogen-bond acceptors (Lipinski definition) is 9. The number of nitrogens with zero attached hydrogens (tertiary/aromatic N) is 2. The molecule has 1 amide bonds. The number of alkyl halides is 3. The molecule has 0 unspecified atom stereocenters. The van der Waals surface area contributed by atoms with Crippen LogP contribution >= 0.6 is 0 Å². The maximum atomic E-state index is 14.0. The van der Waals surface area contributed by atoms with Crippen LogP contribution < -0.4 is 25.8 Å². The zero-order chi connectivity index (χ0) is 38.1. The number of carbonyl (C=O) groups excluding carboxylic acids is 1. The Balaban J connectivity index is 0.000000785. The van der Waals surface area contributed by atoms with Crippen molar-refractivity contribution in [2.24, 2.45) is 0 Å². The van der Waals surface area contributed by atoms with E-state index in [1.807, 2.05) is 51.1 Å². The van der Waals surface area contributed by atoms with E-state index < -0.39 is 28.2 Å². The number of benzene rings is 3. The van der Waals surface area contributed by atoms with Crippen LogP contribution in [0.4, 0.5) is 24.7 Å². The Kier molecular flexibility index (Phi) is 13.3. The van der Waals surface area contributed by atoms with E-state index in [1.165, 1.54) is 0 Å². The molecular formula is C36H42F3N5O7S. The second kappa shape index (κ2) is 17.4. The number of carboxylic acids is 1. The van der Waals surface area contributed by atoms with Crippen molar-refractivity contribution in [2.75, 3.05) is 30.7 Å². The normalized spacial score (nSPS) is 14.2. The molecule has 1 aliphatic heterocycles. The van der Waals surface area contributed by atoms with E-state index in [0.29, 0.717) is 53.8 Å². The number of ether oxygens (including phenoxy) is 2. The number of sulfonamides is 1. The average Bonchev–Trinajstić information content (AvgIpc) is 3.10. The molecule has 2 heterocycles. The van der Waals surface area contributed by atoms with E-state index in [0.717, 1.165) is 30.0 Å². The molecule has 1 aromatic heterocycles. The third-order valence-corrected chi connectivity index (χ3v) is 9.93. The Morgan fingerprint density at radius 1 is 1.00 bits per heavy atom. The summed E-state index contributed by atoms with van der Waals surface area (Å²) in [6, 6.07) is 18.9. The number of rotatable bonds is 12. The highest BCUT2D eigenvalue weighted by Crippen LogP contribution is 2.34. The fourth-order valence-electron chi connectivity index (χ4n) is 5.51. The molecule has 4 aromatic rings. The number of hydrogen-bond donors (Lipinski definition) is 4. The first kappa shape index (κ1) is 39.7. The van der Waals surface area contributed by atoms with Crippen LogP contribution in [0.2, 0.25) is 0 Å². The topological polar surface area (TPSA) is 173 Å². The van der Waals surface area contributed by atoms with Crippen LogP contribution in [0, 0.1) is 0 Å². The minimum Gasteiger partial charge on any atom is -0.490 e. The lowest BCUT2D eigenvalue weighted by Crippen LogP contribution is -2.37. The lowest BCUT2D eigenvalue weighted by Gasteiger charge is -2.27. The third kappa shape index (κ3) is 10.3. The summed E-state index contributed by atoms with van der Waals surface area (Å²) >= 11 is 0. The minimum absolute atomic E-state index is 0.0348. The van der Waals surface area contributed by atoms with Gasteiger partial charge in [-0.2, -0.15) is 17.5 Å². The number of aromatic nitrogens is 1. The zero-order valence-corrected chi connectivity index (χ0v) is 29.8. The molecule has 12 nitrogen and oxygen atoms in total. The van der Waals surface area contributed by atoms with Crippen molar-refractivity contribution in [3.63, 3.8) is 0 Å². The van der Waals surface area contributed by atoms with Crippen LogP contribution in [0.25, 0.3) is 10.8 Å². The molecule has 0 bridgehead atoms. The van der Waals surface area contributed by atoms with Gasteiger partial charge in [-0.3, -0.25) is 4.79 Å². The Hall–Kier alpha value is -5.09. The van der Waals surface area contributed by atoms with Gasteiger partial charge in [0.15, 0.2) is 11.5 Å². The highest BCUT2D eigenvalue weighted by molar-refractivity contribution is 7.89. The summed E-state index contributed by atoms with van der Waals surface area (Å²) in [5.41, 5.74) is 7.93. The predicted octanol–water partition coefficient (Wildman–Crippen LogP) is 6.28. The zero-order valence-electron chi connectivity index (χ0n) is 28.9. The van der Waals surface area contributed by atoms with Crippen LogP contribution in [0.1, 0.15) is 57.2 Å². The molecule has 0 saturated carbocycles. The van der Waals surface area contributed by atoms with Gasteiger partial charge in [0.1, 0.15) is 11.9 Å². The molecule has 5 N–H and O–H groups in total. The van der Waals surface area contributed by atoms with Crippen LogP contribution in [0.15, 0.2) is 77.8 Å². The molecule has 0 radical (unpaired) electrons. The average molecular weight is 746 g/mol. The second-order valence-corrected chi connectivity index (χ2v) is 14.0. The van der Waals surface area contributed by atoms with Crippen molar-refractivity contribution in [1.82, 2.24) is 14.6 Å². The minimum atomic E-state index is -5.08. The first-order valence-electron chi connectivity index (χ1n) is 16.6. The molecule has 5 rings (SSSR count). The van der Waals surface area contributed by atoms with Gasteiger partial charge in [0.2, 0.25) is 15.9 Å². The molecule has 1 saturated heterocycles. The quantitative estimate of drug-likeness (QED) is 0.129. The van der Waals surface area contributed by atoms with Crippen molar-refractivity contribution < 1.29 is 45.8 Å². The molecule has 1 fully saturated rings. The van der Waals surface area contributed by atoms with Gasteiger partial charge < -0.3 is 30.9 Å². The molecular weight excluding hydrogens is 703 g/mol. The molecule has 1 aliphatic rings. The van der Waals surface area contributed by atoms with Gasteiger partial charge in [-0.25, -0.2) is 18.2 Å². The third-order valence-electron chi connectivity index (χ3n) is 7.93. The van der Waals surface area contributed by atoms with Gasteiger partial charge in [0.05, 0.1) is 17.6 Å². The number of piperidine rings is 1. The Bertz CT molecular complexity index is 1970. The monoisotopic (exact) mass is 745 g/mol. The van der Waals surface area contributed by atoms with E-state index in [9.17, 15) is 26.4 Å². The largest absolute Gasteiger partial charge is 0.490 e. The molecule has 280 valence electrons. The summed E-state index contributed by atoms with van der Waals surface area (Å²) in [7, 11) is -3.69. The molecule has 0 spiro atoms. The summed E-state index contributed by atoms with van der Waals surface area (Å²) in [5.74, 6) is -1.56. The number of fused-ring (bicyclic) bond motifs is 1. The number of nitrogen functional groups attached to an aromatic ring is 1. The maximum Gasteiger partial charge on any atom is 0.490 e. The number of amides is 1. The second-order valence-electron chi connectivity index (χ2n) is 12.1. The lowest BCUT2D eigenvalue weighted by molar-refractivity contribution is -0.192. The van der Waals surface area contributed by atoms with Crippen molar-refractivity contribution >= 4 is 44.2 Å². The number of nitrogens with two attached hydrogens (primary N) is 1. The molecule has 16 heteroatoms. The number of anilines is 2. The summed E-state index contributed by atoms with van der Waals surface area (Å²) in [5, 5.41) is 15.2. The van der Waals surface area contributed by atoms with Crippen LogP contribution in [-0.2, 0) is 26.2 Å². The number of carbonyl (C=O) groups is 2. The fraction of sp³-hybridized carbons (Fsp3) is 0.361. The summed E-state index contributed by atoms with van der Waals surface area (Å²) in [4.78, 5) is 27.3. The van der Waals surface area contributed by atoms with Crippen molar-refractivity contribution in [1.29, 1.82) is 0 Å². The number of carboxylic acid groups (broad SMARTS) is 1. The Morgan fingerprint density at radius 3 is 2.35 bits per heavy atom. The van der Waals surface area contributed by atoms with Gasteiger partial charge in [-0.15, -0.1) is 0 Å². The highest BCUT2D eigenvalue weighted by Gasteiger charge is 2.38. The van der Waals surface area contributed by atoms with E-state index in [2.05, 4.69) is 15.6 Å². The van der Waals surface area contributed by atoms with Gasteiger partial charge in [0.25, 0.3) is 0 Å². The highest BCUT2D eigenvalue weighted by atomic mass is 32.2. The lowest BCUT2D eigenvalue weighted by atomic mass is 10.0. The van der Waals surface area contributed by atoms with Crippen LogP contribution in [0.3, 0.4) is 0 Å². The maximum absolute atomic E-state index is 14.0. The summed E-state index contributed by atoms with van der Waals surface area (Å²) in [6.07, 6.45) is -0.798. The van der Waals surface area contributed by atoms with Gasteiger partial charge in [-0.1, -0.05) is 30.7 Å². The van der Waals surface area contributed by atoms with Crippen molar-refractivity contribution in [2.45, 2.75) is 69.8 Å². The van der Waals surface area contributed by atoms with E-state index in [1.54, 1.807) is 46.9 Å². The Labute approximate surface area is 300 Å². The number of nitrogens with one attached hydrogen (secondary N) is 2. The van der Waals surface area contributed by atoms with Crippen LogP contribution in [0.5, 0.6) is 11.5 Å². The predicted molar refractivity (Wildman–Crippen MR) is 190 cm³/mol. The summed E-state index contributed by atoms with van der Waals surface area (Å²) < 4.78 is 72.2. The molecule has 52 heavy (non-hydrogen) atoms. The van der Waals surface area contributed by atoms with Gasteiger partial charge in [-0.05, 0) is 92.6 Å². The standard InChI is InChI=1S/C34H41N5O5S.C2HF3O2/c1-4-43-30-21-25(12-15-29(30)44-23(2)3)32(38-27-13-14-28-24(20-27)16-17-36-33(28)35)34(40)37-22-26-10-6-7-11-31(26)45(41,42)39-18-8-5-9-19-39;3-2(4,5)1(6)7/h6-7,10-17,20-21,23,32,38H,4-5,8-9,18-19,22H2,1-3H3,(H2,35,36)(H,37,40);(H,6,7)/t32-;/m0./s1. The molecule has 3 aromatic carbocycles. The fourth-order valence-corrected chi connectivity index (χ4v) is 7.25. The van der Waals surface area contributed by atoms with E-state index >= 15 is 0 Å². The van der Waals surface area contributed by atoms with E-state index in [-0.39, 0.29) is 23.5 Å². The number of halogens is 3. The molecule has 1 atom stereocenters. The number of pyridine rings is 1. The van der Waals surface area contributed by atoms with Gasteiger partial charge >= 0.3 is 12.1 Å². The SMILES string of the molecule is CCOc1cc([C@H](Nc2ccc3c(N)nccc3c2)C(=O)NCc2ccccc2S(=O)(=O)N2CCCCC2)ccc1OC(C)C.O=C(O)C(F)(F)F. The van der Waals surface area contributed by atoms with E-state index in [4.69, 9.17) is 25.1 Å². The van der Waals surface area contributed by atoms with Crippen molar-refractivity contribution in [3.05, 3.63) is 84.1 Å². The smallest absolute Gasteiger partial charge is 0.490 e. The summed E-state index contributed by atoms with van der Waals surface area (Å²) in [6.45, 7) is 7.22. The Morgan fingerprint density at radius 2 is 1.69 bits per heavy atom. The van der Waals surface area contributed by atoms with Crippen LogP contribution in [-0.4, -0.2) is 66.7 Å². The van der Waals surface area contributed by atoms with Crippen molar-refractivity contribution in [3.8, 4) is 11.5 Å². The first-order valence-corrected chi connectivity index (χ1v) is 18.1. The number of aliphatic carboxylic acids is 1. The van der Waals surface area contributed by atoms with Gasteiger partial charge in [0, 0.05) is 36.9 Å². The first-order chi connectivity index (χ1) is 24.6. The molecule has 0 aliphatic carbocycles.